The fourth-order valence-corrected chi connectivity index (χ4v) is 4.80. The van der Waals surface area contributed by atoms with Gasteiger partial charge in [0.15, 0.2) is 0 Å². The summed E-state index contributed by atoms with van der Waals surface area (Å²) < 4.78 is 5.72. The maximum absolute atomic E-state index is 12.0. The van der Waals surface area contributed by atoms with Gasteiger partial charge >= 0.3 is 5.97 Å². The van der Waals surface area contributed by atoms with E-state index in [0.29, 0.717) is 18.7 Å². The van der Waals surface area contributed by atoms with E-state index in [1.807, 2.05) is 24.3 Å². The van der Waals surface area contributed by atoms with Crippen LogP contribution in [-0.2, 0) is 12.8 Å². The minimum absolute atomic E-state index is 0.163. The first-order valence-corrected chi connectivity index (χ1v) is 10.0. The van der Waals surface area contributed by atoms with Gasteiger partial charge in [-0.1, -0.05) is 13.8 Å². The number of aromatic carboxylic acids is 1. The molecule has 1 heterocycles. The zero-order chi connectivity index (χ0) is 18.7. The van der Waals surface area contributed by atoms with Crippen molar-refractivity contribution in [2.75, 3.05) is 13.2 Å². The molecule has 0 saturated carbocycles. The van der Waals surface area contributed by atoms with Crippen LogP contribution in [0.3, 0.4) is 0 Å². The molecule has 0 saturated heterocycles. The summed E-state index contributed by atoms with van der Waals surface area (Å²) in [7, 11) is 0. The van der Waals surface area contributed by atoms with Crippen LogP contribution < -0.4 is 10.5 Å². The van der Waals surface area contributed by atoms with Crippen LogP contribution in [0.4, 0.5) is 0 Å². The largest absolute Gasteiger partial charge is 0.494 e. The van der Waals surface area contributed by atoms with Gasteiger partial charge in [-0.3, -0.25) is 0 Å². The quantitative estimate of drug-likeness (QED) is 0.687. The first kappa shape index (κ1) is 18.9. The Morgan fingerprint density at radius 3 is 2.65 bits per heavy atom. The highest BCUT2D eigenvalue weighted by Crippen LogP contribution is 2.45. The molecule has 0 bridgehead atoms. The number of nitrogens with two attached hydrogens (primary N) is 1. The molecule has 3 rings (SSSR count). The van der Waals surface area contributed by atoms with Crippen molar-refractivity contribution in [3.05, 3.63) is 40.3 Å². The highest BCUT2D eigenvalue weighted by atomic mass is 32.1. The molecule has 3 N–H and O–H groups in total. The molecule has 2 aromatic rings. The summed E-state index contributed by atoms with van der Waals surface area (Å²) in [4.78, 5) is 14.1. The summed E-state index contributed by atoms with van der Waals surface area (Å²) in [6, 6.07) is 7.78. The molecule has 5 heteroatoms. The Bertz CT molecular complexity index is 777. The Morgan fingerprint density at radius 1 is 1.27 bits per heavy atom. The number of fused-ring (bicyclic) bond motifs is 1. The van der Waals surface area contributed by atoms with Gasteiger partial charge < -0.3 is 15.6 Å². The van der Waals surface area contributed by atoms with Crippen LogP contribution in [-0.4, -0.2) is 24.2 Å². The fraction of sp³-hybridized carbons (Fsp3) is 0.476. The molecule has 0 fully saturated rings. The van der Waals surface area contributed by atoms with E-state index in [4.69, 9.17) is 10.5 Å². The average molecular weight is 374 g/mol. The molecule has 0 unspecified atom stereocenters. The van der Waals surface area contributed by atoms with Crippen molar-refractivity contribution in [3.63, 3.8) is 0 Å². The van der Waals surface area contributed by atoms with Crippen LogP contribution >= 0.6 is 11.3 Å². The van der Waals surface area contributed by atoms with Gasteiger partial charge in [0.05, 0.1) is 12.2 Å². The van der Waals surface area contributed by atoms with Gasteiger partial charge in [0.2, 0.25) is 0 Å². The molecule has 4 nitrogen and oxygen atoms in total. The summed E-state index contributed by atoms with van der Waals surface area (Å²) >= 11 is 1.64. The Kier molecular flexibility index (Phi) is 5.68. The van der Waals surface area contributed by atoms with Gasteiger partial charge in [0.25, 0.3) is 0 Å². The zero-order valence-corrected chi connectivity index (χ0v) is 16.3. The monoisotopic (exact) mass is 373 g/mol. The lowest BCUT2D eigenvalue weighted by Crippen LogP contribution is -2.22. The summed E-state index contributed by atoms with van der Waals surface area (Å²) in [6.45, 7) is 5.77. The number of carbonyl (C=O) groups is 1. The number of carboxylic acids is 1. The van der Waals surface area contributed by atoms with E-state index >= 15 is 0 Å². The molecule has 1 aromatic carbocycles. The van der Waals surface area contributed by atoms with Crippen LogP contribution in [0.15, 0.2) is 24.3 Å². The highest BCUT2D eigenvalue weighted by molar-refractivity contribution is 7.16. The van der Waals surface area contributed by atoms with E-state index in [-0.39, 0.29) is 5.41 Å². The van der Waals surface area contributed by atoms with Gasteiger partial charge in [-0.15, -0.1) is 11.3 Å². The lowest BCUT2D eigenvalue weighted by Gasteiger charge is -2.29. The predicted octanol–water partition coefficient (Wildman–Crippen LogP) is 4.75. The second kappa shape index (κ2) is 7.80. The predicted molar refractivity (Wildman–Crippen MR) is 106 cm³/mol. The summed E-state index contributed by atoms with van der Waals surface area (Å²) in [5.74, 6) is -0.0117. The molecule has 26 heavy (non-hydrogen) atoms. The number of thiophene rings is 1. The van der Waals surface area contributed by atoms with Crippen molar-refractivity contribution in [2.24, 2.45) is 11.1 Å². The smallest absolute Gasteiger partial charge is 0.337 e. The van der Waals surface area contributed by atoms with Gasteiger partial charge in [-0.05, 0) is 79.5 Å². The molecular weight excluding hydrogens is 346 g/mol. The summed E-state index contributed by atoms with van der Waals surface area (Å²) in [5.41, 5.74) is 8.14. The molecule has 0 aliphatic heterocycles. The van der Waals surface area contributed by atoms with Crippen molar-refractivity contribution < 1.29 is 14.6 Å². The lowest BCUT2D eigenvalue weighted by atomic mass is 9.76. The molecule has 0 amide bonds. The first-order chi connectivity index (χ1) is 12.4. The Balaban J connectivity index is 1.85. The Hall–Kier alpha value is -1.85. The van der Waals surface area contributed by atoms with Gasteiger partial charge in [-0.2, -0.15) is 0 Å². The molecule has 0 radical (unpaired) electrons. The van der Waals surface area contributed by atoms with Crippen molar-refractivity contribution in [3.8, 4) is 16.2 Å². The van der Waals surface area contributed by atoms with E-state index < -0.39 is 5.97 Å². The summed E-state index contributed by atoms with van der Waals surface area (Å²) in [6.07, 6.45) is 4.80. The molecule has 1 aliphatic rings. The topological polar surface area (TPSA) is 72.5 Å². The SMILES string of the molecule is CC1(C)CCc2sc(-c3ccc(OCCCCN)cc3)c(C(=O)O)c2C1. The number of unbranched alkanes of at least 4 members (excludes halogenated alkanes) is 1. The van der Waals surface area contributed by atoms with Crippen molar-refractivity contribution in [2.45, 2.75) is 46.0 Å². The van der Waals surface area contributed by atoms with Crippen molar-refractivity contribution in [1.82, 2.24) is 0 Å². The zero-order valence-electron chi connectivity index (χ0n) is 15.5. The van der Waals surface area contributed by atoms with Crippen LogP contribution in [0.25, 0.3) is 10.4 Å². The van der Waals surface area contributed by atoms with Gasteiger partial charge in [0, 0.05) is 9.75 Å². The number of aryl methyl sites for hydroxylation is 1. The van der Waals surface area contributed by atoms with Gasteiger partial charge in [-0.25, -0.2) is 4.79 Å². The number of hydrogen-bond donors (Lipinski definition) is 2. The fourth-order valence-electron chi connectivity index (χ4n) is 3.49. The third kappa shape index (κ3) is 4.10. The third-order valence-corrected chi connectivity index (χ3v) is 6.31. The highest BCUT2D eigenvalue weighted by Gasteiger charge is 2.32. The first-order valence-electron chi connectivity index (χ1n) is 9.22. The number of hydrogen-bond acceptors (Lipinski definition) is 4. The minimum atomic E-state index is -0.822. The van der Waals surface area contributed by atoms with Crippen LogP contribution in [0.5, 0.6) is 5.75 Å². The summed E-state index contributed by atoms with van der Waals surface area (Å²) in [5, 5.41) is 9.84. The standard InChI is InChI=1S/C21H27NO3S/c1-21(2)10-9-17-16(13-21)18(20(23)24)19(26-17)14-5-7-15(8-6-14)25-12-4-3-11-22/h5-8H,3-4,9-13,22H2,1-2H3,(H,23,24). The van der Waals surface area contributed by atoms with E-state index in [2.05, 4.69) is 13.8 Å². The molecular formula is C21H27NO3S. The minimum Gasteiger partial charge on any atom is -0.494 e. The van der Waals surface area contributed by atoms with Crippen molar-refractivity contribution in [1.29, 1.82) is 0 Å². The van der Waals surface area contributed by atoms with E-state index in [1.165, 1.54) is 4.88 Å². The number of ether oxygens (including phenoxy) is 1. The maximum atomic E-state index is 12.0. The third-order valence-electron chi connectivity index (χ3n) is 4.97. The van der Waals surface area contributed by atoms with E-state index in [0.717, 1.165) is 53.9 Å². The van der Waals surface area contributed by atoms with Crippen molar-refractivity contribution >= 4 is 17.3 Å². The Morgan fingerprint density at radius 2 is 2.00 bits per heavy atom. The van der Waals surface area contributed by atoms with Crippen LogP contribution in [0, 0.1) is 5.41 Å². The maximum Gasteiger partial charge on any atom is 0.337 e. The molecule has 1 aromatic heterocycles. The normalized spacial score (nSPS) is 15.5. The number of carboxylic acid groups (broad SMARTS) is 1. The van der Waals surface area contributed by atoms with Crippen LogP contribution in [0.2, 0.25) is 0 Å². The second-order valence-electron chi connectivity index (χ2n) is 7.72. The molecule has 1 aliphatic carbocycles. The van der Waals surface area contributed by atoms with E-state index in [9.17, 15) is 9.90 Å². The lowest BCUT2D eigenvalue weighted by molar-refractivity contribution is 0.0696. The molecule has 140 valence electrons. The molecule has 0 spiro atoms. The Labute approximate surface area is 159 Å². The van der Waals surface area contributed by atoms with E-state index in [1.54, 1.807) is 11.3 Å². The molecule has 0 atom stereocenters. The van der Waals surface area contributed by atoms with Crippen LogP contribution in [0.1, 0.15) is 53.9 Å². The average Bonchev–Trinajstić information content (AvgIpc) is 2.97. The number of rotatable bonds is 7. The second-order valence-corrected chi connectivity index (χ2v) is 8.83. The van der Waals surface area contributed by atoms with Gasteiger partial charge in [0.1, 0.15) is 5.75 Å². The number of benzene rings is 1.